The summed E-state index contributed by atoms with van der Waals surface area (Å²) in [4.78, 5) is 7.46. The highest BCUT2D eigenvalue weighted by Crippen LogP contribution is 2.32. The fraction of sp³-hybridized carbons (Fsp3) is 0.536. The van der Waals surface area contributed by atoms with Crippen LogP contribution in [0.5, 0.6) is 5.75 Å². The van der Waals surface area contributed by atoms with Crippen LogP contribution in [0, 0.1) is 5.82 Å². The van der Waals surface area contributed by atoms with Gasteiger partial charge in [0.15, 0.2) is 5.58 Å². The second kappa shape index (κ2) is 11.5. The van der Waals surface area contributed by atoms with Crippen molar-refractivity contribution < 1.29 is 13.7 Å². The van der Waals surface area contributed by atoms with Gasteiger partial charge in [-0.1, -0.05) is 17.3 Å². The number of fused-ring (bicyclic) bond motifs is 1. The highest BCUT2D eigenvalue weighted by atomic mass is 19.1. The van der Waals surface area contributed by atoms with Crippen LogP contribution in [-0.2, 0) is 6.42 Å². The van der Waals surface area contributed by atoms with Gasteiger partial charge in [-0.05, 0) is 75.6 Å². The van der Waals surface area contributed by atoms with Gasteiger partial charge in [0.25, 0.3) is 0 Å². The molecular weight excluding hydrogens is 443 g/mol. The first-order valence-corrected chi connectivity index (χ1v) is 13.0. The first kappa shape index (κ1) is 24.2. The number of piperidine rings is 1. The second-order valence-corrected chi connectivity index (χ2v) is 10.1. The molecule has 0 bridgehead atoms. The summed E-state index contributed by atoms with van der Waals surface area (Å²) >= 11 is 0. The van der Waals surface area contributed by atoms with Crippen LogP contribution in [0.2, 0.25) is 0 Å². The lowest BCUT2D eigenvalue weighted by molar-refractivity contribution is 0.155. The molecule has 0 saturated carbocycles. The summed E-state index contributed by atoms with van der Waals surface area (Å²) in [5.41, 5.74) is 2.90. The predicted octanol–water partition coefficient (Wildman–Crippen LogP) is 4.41. The lowest BCUT2D eigenvalue weighted by Gasteiger charge is -2.32. The maximum absolute atomic E-state index is 13.4. The summed E-state index contributed by atoms with van der Waals surface area (Å²) in [5.74, 6) is 1.06. The van der Waals surface area contributed by atoms with Gasteiger partial charge in [-0.15, -0.1) is 0 Å². The van der Waals surface area contributed by atoms with Crippen LogP contribution in [0.15, 0.2) is 47.0 Å². The third-order valence-corrected chi connectivity index (χ3v) is 7.56. The zero-order valence-corrected chi connectivity index (χ0v) is 20.8. The number of benzene rings is 2. The van der Waals surface area contributed by atoms with Crippen molar-refractivity contribution in [2.24, 2.45) is 0 Å². The Morgan fingerprint density at radius 2 is 1.69 bits per heavy atom. The molecule has 0 aliphatic carbocycles. The molecule has 2 saturated heterocycles. The molecule has 0 N–H and O–H groups in total. The summed E-state index contributed by atoms with van der Waals surface area (Å²) in [6, 6.07) is 13.3. The van der Waals surface area contributed by atoms with Gasteiger partial charge in [0.05, 0.1) is 12.3 Å². The van der Waals surface area contributed by atoms with Gasteiger partial charge in [0.2, 0.25) is 0 Å². The standard InChI is InChI=1S/C28H37FN4O2/c1-31-16-18-33(19-17-31)13-9-22-3-6-25(7-4-22)34-20-2-12-32-14-10-23(11-15-32)28-26-8-5-24(29)21-27(26)35-30-28/h3-8,21,23H,2,9-20H2,1H3. The Morgan fingerprint density at radius 3 is 2.46 bits per heavy atom. The van der Waals surface area contributed by atoms with Crippen molar-refractivity contribution in [2.75, 3.05) is 66.0 Å². The van der Waals surface area contributed by atoms with E-state index in [4.69, 9.17) is 9.26 Å². The topological polar surface area (TPSA) is 45.0 Å². The van der Waals surface area contributed by atoms with Crippen molar-refractivity contribution in [3.8, 4) is 5.75 Å². The number of likely N-dealkylation sites (tertiary alicyclic amines) is 1. The van der Waals surface area contributed by atoms with E-state index in [1.54, 1.807) is 6.07 Å². The molecular formula is C28H37FN4O2. The average molecular weight is 481 g/mol. The van der Waals surface area contributed by atoms with Crippen LogP contribution in [0.1, 0.15) is 36.4 Å². The van der Waals surface area contributed by atoms with E-state index in [1.165, 1.54) is 43.9 Å². The quantitative estimate of drug-likeness (QED) is 0.423. The molecule has 1 aromatic heterocycles. The van der Waals surface area contributed by atoms with Crippen molar-refractivity contribution in [1.82, 2.24) is 19.9 Å². The molecule has 0 atom stereocenters. The molecule has 3 heterocycles. The molecule has 0 spiro atoms. The number of hydrogen-bond donors (Lipinski definition) is 0. The van der Waals surface area contributed by atoms with Crippen molar-refractivity contribution in [3.63, 3.8) is 0 Å². The van der Waals surface area contributed by atoms with E-state index < -0.39 is 0 Å². The Morgan fingerprint density at radius 1 is 0.943 bits per heavy atom. The Balaban J connectivity index is 0.985. The van der Waals surface area contributed by atoms with E-state index >= 15 is 0 Å². The lowest BCUT2D eigenvalue weighted by atomic mass is 9.91. The molecule has 0 radical (unpaired) electrons. The maximum Gasteiger partial charge on any atom is 0.170 e. The van der Waals surface area contributed by atoms with Gasteiger partial charge in [0, 0.05) is 56.6 Å². The largest absolute Gasteiger partial charge is 0.494 e. The van der Waals surface area contributed by atoms with Gasteiger partial charge in [-0.2, -0.15) is 0 Å². The number of hydrogen-bond acceptors (Lipinski definition) is 6. The SMILES string of the molecule is CN1CCN(CCc2ccc(OCCCN3CCC(c4noc5cc(F)ccc45)CC3)cc2)CC1. The number of nitrogens with zero attached hydrogens (tertiary/aromatic N) is 4. The summed E-state index contributed by atoms with van der Waals surface area (Å²) in [7, 11) is 2.20. The number of halogens is 1. The van der Waals surface area contributed by atoms with Crippen molar-refractivity contribution in [2.45, 2.75) is 31.6 Å². The monoisotopic (exact) mass is 480 g/mol. The van der Waals surface area contributed by atoms with Crippen LogP contribution < -0.4 is 4.74 Å². The second-order valence-electron chi connectivity index (χ2n) is 10.1. The normalized spacial score (nSPS) is 18.9. The molecule has 0 amide bonds. The number of aromatic nitrogens is 1. The molecule has 3 aromatic rings. The van der Waals surface area contributed by atoms with Crippen molar-refractivity contribution in [1.29, 1.82) is 0 Å². The first-order chi connectivity index (χ1) is 17.1. The van der Waals surface area contributed by atoms with Crippen LogP contribution >= 0.6 is 0 Å². The molecule has 2 aliphatic heterocycles. The van der Waals surface area contributed by atoms with Crippen LogP contribution in [-0.4, -0.2) is 85.9 Å². The van der Waals surface area contributed by atoms with E-state index in [2.05, 4.69) is 51.2 Å². The Kier molecular flexibility index (Phi) is 7.96. The molecule has 2 fully saturated rings. The highest BCUT2D eigenvalue weighted by molar-refractivity contribution is 5.79. The van der Waals surface area contributed by atoms with Crippen molar-refractivity contribution >= 4 is 11.0 Å². The van der Waals surface area contributed by atoms with Crippen LogP contribution in [0.25, 0.3) is 11.0 Å². The third-order valence-electron chi connectivity index (χ3n) is 7.56. The molecule has 2 aliphatic rings. The van der Waals surface area contributed by atoms with Gasteiger partial charge in [0.1, 0.15) is 11.6 Å². The summed E-state index contributed by atoms with van der Waals surface area (Å²) in [5, 5.41) is 5.20. The highest BCUT2D eigenvalue weighted by Gasteiger charge is 2.25. The molecule has 6 nitrogen and oxygen atoms in total. The minimum Gasteiger partial charge on any atom is -0.494 e. The summed E-state index contributed by atoms with van der Waals surface area (Å²) in [6.07, 6.45) is 4.22. The Hall–Kier alpha value is -2.48. The number of piperazine rings is 1. The summed E-state index contributed by atoms with van der Waals surface area (Å²) in [6.45, 7) is 9.69. The first-order valence-electron chi connectivity index (χ1n) is 13.0. The van der Waals surface area contributed by atoms with Gasteiger partial charge >= 0.3 is 0 Å². The third kappa shape index (κ3) is 6.40. The molecule has 188 valence electrons. The van der Waals surface area contributed by atoms with E-state index in [9.17, 15) is 4.39 Å². The van der Waals surface area contributed by atoms with Gasteiger partial charge in [-0.25, -0.2) is 4.39 Å². The zero-order valence-electron chi connectivity index (χ0n) is 20.8. The molecule has 7 heteroatoms. The summed E-state index contributed by atoms with van der Waals surface area (Å²) < 4.78 is 24.8. The fourth-order valence-corrected chi connectivity index (χ4v) is 5.24. The fourth-order valence-electron chi connectivity index (χ4n) is 5.24. The van der Waals surface area contributed by atoms with E-state index in [1.807, 2.05) is 0 Å². The van der Waals surface area contributed by atoms with Crippen molar-refractivity contribution in [3.05, 3.63) is 59.5 Å². The maximum atomic E-state index is 13.4. The number of rotatable bonds is 9. The smallest absolute Gasteiger partial charge is 0.170 e. The average Bonchev–Trinajstić information content (AvgIpc) is 3.30. The number of ether oxygens (including phenoxy) is 1. The van der Waals surface area contributed by atoms with Gasteiger partial charge in [-0.3, -0.25) is 0 Å². The molecule has 0 unspecified atom stereocenters. The Labute approximate surface area is 207 Å². The van der Waals surface area contributed by atoms with E-state index in [0.29, 0.717) is 11.5 Å². The minimum atomic E-state index is -0.283. The van der Waals surface area contributed by atoms with Crippen LogP contribution in [0.4, 0.5) is 4.39 Å². The molecule has 5 rings (SSSR count). The molecule has 35 heavy (non-hydrogen) atoms. The van der Waals surface area contributed by atoms with Crippen LogP contribution in [0.3, 0.4) is 0 Å². The van der Waals surface area contributed by atoms with E-state index in [0.717, 1.165) is 75.3 Å². The minimum absolute atomic E-state index is 0.283. The van der Waals surface area contributed by atoms with E-state index in [-0.39, 0.29) is 5.82 Å². The Bertz CT molecular complexity index is 1070. The lowest BCUT2D eigenvalue weighted by Crippen LogP contribution is -2.45. The number of likely N-dealkylation sites (N-methyl/N-ethyl adjacent to an activating group) is 1. The van der Waals surface area contributed by atoms with Gasteiger partial charge < -0.3 is 24.0 Å². The molecule has 2 aromatic carbocycles. The predicted molar refractivity (Wildman–Crippen MR) is 137 cm³/mol. The zero-order chi connectivity index (χ0) is 24.0.